The molecule has 0 radical (unpaired) electrons. The molecule has 100 valence electrons. The highest BCUT2D eigenvalue weighted by molar-refractivity contribution is 5.80. The number of methoxy groups -OCH3 is 1. The van der Waals surface area contributed by atoms with Crippen LogP contribution in [-0.4, -0.2) is 52.3 Å². The van der Waals surface area contributed by atoms with Crippen molar-refractivity contribution in [2.24, 2.45) is 10.9 Å². The Morgan fingerprint density at radius 3 is 2.29 bits per heavy atom. The summed E-state index contributed by atoms with van der Waals surface area (Å²) in [7, 11) is 3.36. The van der Waals surface area contributed by atoms with Crippen LogP contribution in [0.2, 0.25) is 0 Å². The zero-order valence-electron chi connectivity index (χ0n) is 11.2. The van der Waals surface area contributed by atoms with E-state index < -0.39 is 0 Å². The van der Waals surface area contributed by atoms with Crippen molar-refractivity contribution in [3.63, 3.8) is 0 Å². The van der Waals surface area contributed by atoms with Crippen LogP contribution in [0.5, 0.6) is 0 Å². The SMILES string of the molecule is CN=C(NCCNC(=O)C(C)C)NCCOC. The van der Waals surface area contributed by atoms with Crippen molar-refractivity contribution in [3.8, 4) is 0 Å². The van der Waals surface area contributed by atoms with Gasteiger partial charge < -0.3 is 20.7 Å². The molecule has 0 aliphatic rings. The van der Waals surface area contributed by atoms with E-state index in [0.29, 0.717) is 32.2 Å². The van der Waals surface area contributed by atoms with Crippen LogP contribution < -0.4 is 16.0 Å². The number of ether oxygens (including phenoxy) is 1. The summed E-state index contributed by atoms with van der Waals surface area (Å²) in [5, 5.41) is 8.99. The molecule has 0 unspecified atom stereocenters. The van der Waals surface area contributed by atoms with Crippen molar-refractivity contribution in [3.05, 3.63) is 0 Å². The second-order valence-electron chi connectivity index (χ2n) is 3.86. The first-order valence-electron chi connectivity index (χ1n) is 5.83. The molecule has 0 aliphatic heterocycles. The summed E-state index contributed by atoms with van der Waals surface area (Å²) in [6, 6.07) is 0. The molecule has 0 spiro atoms. The molecule has 0 aliphatic carbocycles. The van der Waals surface area contributed by atoms with Gasteiger partial charge in [-0.3, -0.25) is 9.79 Å². The Kier molecular flexibility index (Phi) is 9.14. The van der Waals surface area contributed by atoms with Crippen molar-refractivity contribution in [2.75, 3.05) is 40.4 Å². The van der Waals surface area contributed by atoms with Gasteiger partial charge in [0, 0.05) is 39.7 Å². The smallest absolute Gasteiger partial charge is 0.222 e. The molecular weight excluding hydrogens is 220 g/mol. The van der Waals surface area contributed by atoms with Crippen LogP contribution in [0.15, 0.2) is 4.99 Å². The summed E-state index contributed by atoms with van der Waals surface area (Å²) in [4.78, 5) is 15.3. The van der Waals surface area contributed by atoms with Gasteiger partial charge >= 0.3 is 0 Å². The Hall–Kier alpha value is -1.30. The maximum Gasteiger partial charge on any atom is 0.222 e. The number of aliphatic imine (C=N–C) groups is 1. The Morgan fingerprint density at radius 1 is 1.18 bits per heavy atom. The number of carbonyl (C=O) groups is 1. The number of nitrogens with zero attached hydrogens (tertiary/aromatic N) is 1. The summed E-state index contributed by atoms with van der Waals surface area (Å²) in [6.45, 7) is 6.30. The quantitative estimate of drug-likeness (QED) is 0.323. The van der Waals surface area contributed by atoms with E-state index in [4.69, 9.17) is 4.74 Å². The van der Waals surface area contributed by atoms with E-state index in [1.54, 1.807) is 14.2 Å². The van der Waals surface area contributed by atoms with Crippen molar-refractivity contribution in [2.45, 2.75) is 13.8 Å². The third-order valence-corrected chi connectivity index (χ3v) is 2.06. The van der Waals surface area contributed by atoms with Crippen LogP contribution in [0.4, 0.5) is 0 Å². The third-order valence-electron chi connectivity index (χ3n) is 2.06. The highest BCUT2D eigenvalue weighted by atomic mass is 16.5. The van der Waals surface area contributed by atoms with Gasteiger partial charge in [-0.05, 0) is 0 Å². The minimum atomic E-state index is 0.0224. The Bertz CT molecular complexity index is 242. The van der Waals surface area contributed by atoms with Gasteiger partial charge in [0.1, 0.15) is 0 Å². The minimum absolute atomic E-state index is 0.0224. The van der Waals surface area contributed by atoms with Gasteiger partial charge in [-0.25, -0.2) is 0 Å². The fourth-order valence-corrected chi connectivity index (χ4v) is 1.06. The minimum Gasteiger partial charge on any atom is -0.383 e. The van der Waals surface area contributed by atoms with E-state index in [1.807, 2.05) is 13.8 Å². The predicted octanol–water partition coefficient (Wildman–Crippen LogP) is -0.430. The highest BCUT2D eigenvalue weighted by Gasteiger charge is 2.04. The van der Waals surface area contributed by atoms with Gasteiger partial charge in [-0.1, -0.05) is 13.8 Å². The van der Waals surface area contributed by atoms with Gasteiger partial charge in [0.2, 0.25) is 5.91 Å². The van der Waals surface area contributed by atoms with Gasteiger partial charge in [-0.15, -0.1) is 0 Å². The second-order valence-corrected chi connectivity index (χ2v) is 3.86. The molecule has 0 heterocycles. The molecule has 0 aromatic rings. The fraction of sp³-hybridized carbons (Fsp3) is 0.818. The molecule has 0 aromatic carbocycles. The first-order valence-corrected chi connectivity index (χ1v) is 5.83. The van der Waals surface area contributed by atoms with Crippen molar-refractivity contribution < 1.29 is 9.53 Å². The predicted molar refractivity (Wildman–Crippen MR) is 69.1 cm³/mol. The van der Waals surface area contributed by atoms with Gasteiger partial charge in [-0.2, -0.15) is 0 Å². The molecule has 0 fully saturated rings. The molecule has 17 heavy (non-hydrogen) atoms. The normalized spacial score (nSPS) is 11.5. The molecule has 0 bridgehead atoms. The van der Waals surface area contributed by atoms with Crippen molar-refractivity contribution >= 4 is 11.9 Å². The zero-order chi connectivity index (χ0) is 13.1. The van der Waals surface area contributed by atoms with Gasteiger partial charge in [0.15, 0.2) is 5.96 Å². The number of amides is 1. The van der Waals surface area contributed by atoms with Crippen LogP contribution in [0.1, 0.15) is 13.8 Å². The summed E-state index contributed by atoms with van der Waals surface area (Å²) in [6.07, 6.45) is 0. The topological polar surface area (TPSA) is 74.8 Å². The van der Waals surface area contributed by atoms with E-state index in [-0.39, 0.29) is 11.8 Å². The number of hydrogen-bond acceptors (Lipinski definition) is 3. The maximum absolute atomic E-state index is 11.3. The van der Waals surface area contributed by atoms with Crippen molar-refractivity contribution in [1.29, 1.82) is 0 Å². The van der Waals surface area contributed by atoms with E-state index in [0.717, 1.165) is 0 Å². The summed E-state index contributed by atoms with van der Waals surface area (Å²) < 4.78 is 4.92. The molecule has 6 heteroatoms. The average Bonchev–Trinajstić information content (AvgIpc) is 2.31. The lowest BCUT2D eigenvalue weighted by Gasteiger charge is -2.12. The Morgan fingerprint density at radius 2 is 1.76 bits per heavy atom. The van der Waals surface area contributed by atoms with Crippen molar-refractivity contribution in [1.82, 2.24) is 16.0 Å². The third kappa shape index (κ3) is 8.50. The lowest BCUT2D eigenvalue weighted by atomic mass is 10.2. The van der Waals surface area contributed by atoms with Gasteiger partial charge in [0.05, 0.1) is 6.61 Å². The fourth-order valence-electron chi connectivity index (χ4n) is 1.06. The number of guanidine groups is 1. The monoisotopic (exact) mass is 244 g/mol. The molecule has 1 amide bonds. The molecule has 0 rings (SSSR count). The Labute approximate surface area is 103 Å². The van der Waals surface area contributed by atoms with Crippen LogP contribution in [0.3, 0.4) is 0 Å². The highest BCUT2D eigenvalue weighted by Crippen LogP contribution is 1.88. The van der Waals surface area contributed by atoms with E-state index in [2.05, 4.69) is 20.9 Å². The first kappa shape index (κ1) is 15.7. The summed E-state index contributed by atoms with van der Waals surface area (Å²) in [5.41, 5.74) is 0. The molecule has 0 atom stereocenters. The largest absolute Gasteiger partial charge is 0.383 e. The number of nitrogens with one attached hydrogen (secondary N) is 3. The van der Waals surface area contributed by atoms with Crippen LogP contribution in [-0.2, 0) is 9.53 Å². The first-order chi connectivity index (χ1) is 8.11. The standard InChI is InChI=1S/C11H24N4O2/c1-9(2)10(16)13-5-6-14-11(12-3)15-7-8-17-4/h9H,5-8H2,1-4H3,(H,13,16)(H2,12,14,15). The molecular formula is C11H24N4O2. The van der Waals surface area contributed by atoms with E-state index >= 15 is 0 Å². The molecule has 3 N–H and O–H groups in total. The van der Waals surface area contributed by atoms with Crippen LogP contribution in [0, 0.1) is 5.92 Å². The number of carbonyl (C=O) groups excluding carboxylic acids is 1. The Balaban J connectivity index is 3.60. The maximum atomic E-state index is 11.3. The van der Waals surface area contributed by atoms with Gasteiger partial charge in [0.25, 0.3) is 0 Å². The van der Waals surface area contributed by atoms with Crippen LogP contribution >= 0.6 is 0 Å². The number of hydrogen-bond donors (Lipinski definition) is 3. The second kappa shape index (κ2) is 9.89. The van der Waals surface area contributed by atoms with E-state index in [9.17, 15) is 4.79 Å². The summed E-state index contributed by atoms with van der Waals surface area (Å²) >= 11 is 0. The lowest BCUT2D eigenvalue weighted by molar-refractivity contribution is -0.123. The van der Waals surface area contributed by atoms with Crippen LogP contribution in [0.25, 0.3) is 0 Å². The molecule has 0 aromatic heterocycles. The lowest BCUT2D eigenvalue weighted by Crippen LogP contribution is -2.43. The summed E-state index contributed by atoms with van der Waals surface area (Å²) in [5.74, 6) is 0.795. The number of rotatable bonds is 7. The molecule has 0 saturated carbocycles. The molecule has 6 nitrogen and oxygen atoms in total. The average molecular weight is 244 g/mol. The zero-order valence-corrected chi connectivity index (χ0v) is 11.2. The van der Waals surface area contributed by atoms with E-state index in [1.165, 1.54) is 0 Å². The molecule has 0 saturated heterocycles.